The Labute approximate surface area is 138 Å². The van der Waals surface area contributed by atoms with Gasteiger partial charge in [-0.15, -0.1) is 0 Å². The molecule has 2 aliphatic heterocycles. The third-order valence-corrected chi connectivity index (χ3v) is 4.78. The van der Waals surface area contributed by atoms with E-state index in [-0.39, 0.29) is 12.0 Å². The monoisotopic (exact) mass is 317 g/mol. The summed E-state index contributed by atoms with van der Waals surface area (Å²) in [6.07, 6.45) is 2.61. The molecule has 2 fully saturated rings. The van der Waals surface area contributed by atoms with E-state index >= 15 is 0 Å². The normalized spacial score (nSPS) is 22.3. The van der Waals surface area contributed by atoms with E-state index in [2.05, 4.69) is 28.1 Å². The van der Waals surface area contributed by atoms with Crippen LogP contribution < -0.4 is 10.2 Å². The molecule has 1 N–H and O–H groups in total. The molecule has 5 heteroatoms. The number of amides is 1. The van der Waals surface area contributed by atoms with Crippen molar-refractivity contribution in [1.29, 1.82) is 0 Å². The van der Waals surface area contributed by atoms with E-state index in [1.54, 1.807) is 0 Å². The molecule has 1 aromatic carbocycles. The minimum Gasteiger partial charge on any atom is -0.378 e. The van der Waals surface area contributed by atoms with Crippen LogP contribution in [0.25, 0.3) is 0 Å². The highest BCUT2D eigenvalue weighted by molar-refractivity contribution is 5.94. The molecule has 5 nitrogen and oxygen atoms in total. The van der Waals surface area contributed by atoms with Crippen molar-refractivity contribution in [2.45, 2.75) is 32.3 Å². The summed E-state index contributed by atoms with van der Waals surface area (Å²) in [6, 6.07) is 8.11. The van der Waals surface area contributed by atoms with Crippen molar-refractivity contribution in [3.8, 4) is 0 Å². The molecule has 1 unspecified atom stereocenters. The van der Waals surface area contributed by atoms with Crippen LogP contribution in [0.3, 0.4) is 0 Å². The number of likely N-dealkylation sites (N-methyl/N-ethyl adjacent to an activating group) is 1. The Morgan fingerprint density at radius 3 is 2.74 bits per heavy atom. The molecule has 2 heterocycles. The molecule has 1 aromatic rings. The molecule has 0 aromatic heterocycles. The second-order valence-electron chi connectivity index (χ2n) is 6.33. The third kappa shape index (κ3) is 4.24. The summed E-state index contributed by atoms with van der Waals surface area (Å²) in [5.74, 6) is 0.0524. The minimum atomic E-state index is 0.0524. The van der Waals surface area contributed by atoms with Gasteiger partial charge in [0.05, 0.1) is 23.9 Å². The number of carbonyl (C=O) groups excluding carboxylic acids is 1. The van der Waals surface area contributed by atoms with Crippen LogP contribution in [-0.2, 0) is 9.53 Å². The fourth-order valence-corrected chi connectivity index (χ4v) is 3.37. The van der Waals surface area contributed by atoms with Gasteiger partial charge in [0.15, 0.2) is 0 Å². The zero-order chi connectivity index (χ0) is 16.1. The molecule has 126 valence electrons. The number of para-hydroxylation sites is 2. The molecular weight excluding hydrogens is 290 g/mol. The van der Waals surface area contributed by atoms with Crippen LogP contribution >= 0.6 is 0 Å². The fourth-order valence-electron chi connectivity index (χ4n) is 3.37. The van der Waals surface area contributed by atoms with Gasteiger partial charge in [-0.05, 0) is 31.5 Å². The van der Waals surface area contributed by atoms with Gasteiger partial charge in [-0.2, -0.15) is 0 Å². The van der Waals surface area contributed by atoms with E-state index in [1.165, 1.54) is 0 Å². The largest absolute Gasteiger partial charge is 0.378 e. The first-order chi connectivity index (χ1) is 11.3. The van der Waals surface area contributed by atoms with Crippen LogP contribution in [0.2, 0.25) is 0 Å². The maximum atomic E-state index is 12.3. The number of rotatable bonds is 5. The minimum absolute atomic E-state index is 0.0524. The molecule has 2 saturated heterocycles. The summed E-state index contributed by atoms with van der Waals surface area (Å²) in [4.78, 5) is 17.1. The maximum absolute atomic E-state index is 12.3. The van der Waals surface area contributed by atoms with E-state index in [0.29, 0.717) is 6.42 Å². The quantitative estimate of drug-likeness (QED) is 0.905. The van der Waals surface area contributed by atoms with Crippen molar-refractivity contribution in [1.82, 2.24) is 4.90 Å². The van der Waals surface area contributed by atoms with Crippen LogP contribution in [-0.4, -0.2) is 56.2 Å². The first-order valence-corrected chi connectivity index (χ1v) is 8.74. The number of hydrogen-bond acceptors (Lipinski definition) is 4. The Hall–Kier alpha value is -1.59. The standard InChI is InChI=1S/C18H27N3O2/c1-2-20-9-11-21(12-10-20)17-8-4-3-7-16(17)19-18(22)14-15-6-5-13-23-15/h3-4,7-8,15H,2,5-6,9-14H2,1H3,(H,19,22). The van der Waals surface area contributed by atoms with Crippen molar-refractivity contribution in [3.05, 3.63) is 24.3 Å². The summed E-state index contributed by atoms with van der Waals surface area (Å²) in [5, 5.41) is 3.09. The molecule has 1 atom stereocenters. The zero-order valence-electron chi connectivity index (χ0n) is 14.0. The van der Waals surface area contributed by atoms with Gasteiger partial charge in [-0.25, -0.2) is 0 Å². The Morgan fingerprint density at radius 1 is 1.26 bits per heavy atom. The van der Waals surface area contributed by atoms with Gasteiger partial charge in [0.25, 0.3) is 0 Å². The summed E-state index contributed by atoms with van der Waals surface area (Å²) in [7, 11) is 0. The first kappa shape index (κ1) is 16.3. The number of piperazine rings is 1. The van der Waals surface area contributed by atoms with Crippen molar-refractivity contribution in [2.75, 3.05) is 49.5 Å². The lowest BCUT2D eigenvalue weighted by atomic mass is 10.1. The second kappa shape index (κ2) is 7.79. The molecular formula is C18H27N3O2. The van der Waals surface area contributed by atoms with Crippen LogP contribution in [0.1, 0.15) is 26.2 Å². The smallest absolute Gasteiger partial charge is 0.227 e. The predicted molar refractivity (Wildman–Crippen MR) is 93.0 cm³/mol. The van der Waals surface area contributed by atoms with Gasteiger partial charge in [-0.1, -0.05) is 19.1 Å². The average molecular weight is 317 g/mol. The van der Waals surface area contributed by atoms with Crippen molar-refractivity contribution >= 4 is 17.3 Å². The number of anilines is 2. The number of benzene rings is 1. The molecule has 3 rings (SSSR count). The van der Waals surface area contributed by atoms with E-state index in [4.69, 9.17) is 4.74 Å². The average Bonchev–Trinajstić information content (AvgIpc) is 3.08. The summed E-state index contributed by atoms with van der Waals surface area (Å²) in [5.41, 5.74) is 2.05. The number of hydrogen-bond donors (Lipinski definition) is 1. The van der Waals surface area contributed by atoms with E-state index in [9.17, 15) is 4.79 Å². The highest BCUT2D eigenvalue weighted by atomic mass is 16.5. The molecule has 0 aliphatic carbocycles. The summed E-state index contributed by atoms with van der Waals surface area (Å²) >= 11 is 0. The lowest BCUT2D eigenvalue weighted by molar-refractivity contribution is -0.118. The van der Waals surface area contributed by atoms with Gasteiger partial charge in [0.2, 0.25) is 5.91 Å². The van der Waals surface area contributed by atoms with Crippen molar-refractivity contribution < 1.29 is 9.53 Å². The molecule has 23 heavy (non-hydrogen) atoms. The highest BCUT2D eigenvalue weighted by Crippen LogP contribution is 2.27. The Balaban J connectivity index is 1.62. The highest BCUT2D eigenvalue weighted by Gasteiger charge is 2.21. The SMILES string of the molecule is CCN1CCN(c2ccccc2NC(=O)CC2CCCO2)CC1. The lowest BCUT2D eigenvalue weighted by Gasteiger charge is -2.36. The van der Waals surface area contributed by atoms with Gasteiger partial charge in [-0.3, -0.25) is 4.79 Å². The number of nitrogens with zero attached hydrogens (tertiary/aromatic N) is 2. The van der Waals surface area contributed by atoms with Gasteiger partial charge in [0.1, 0.15) is 0 Å². The van der Waals surface area contributed by atoms with Crippen LogP contribution in [0.5, 0.6) is 0 Å². The van der Waals surface area contributed by atoms with Gasteiger partial charge in [0, 0.05) is 32.8 Å². The molecule has 0 radical (unpaired) electrons. The third-order valence-electron chi connectivity index (χ3n) is 4.78. The topological polar surface area (TPSA) is 44.8 Å². The Kier molecular flexibility index (Phi) is 5.51. The number of ether oxygens (including phenoxy) is 1. The molecule has 0 spiro atoms. The van der Waals surface area contributed by atoms with E-state index < -0.39 is 0 Å². The summed E-state index contributed by atoms with van der Waals surface area (Å²) < 4.78 is 5.56. The van der Waals surface area contributed by atoms with Crippen molar-refractivity contribution in [3.63, 3.8) is 0 Å². The molecule has 1 amide bonds. The Morgan fingerprint density at radius 2 is 2.04 bits per heavy atom. The zero-order valence-corrected chi connectivity index (χ0v) is 14.0. The predicted octanol–water partition coefficient (Wildman–Crippen LogP) is 2.34. The molecule has 2 aliphatic rings. The Bertz CT molecular complexity index is 521. The van der Waals surface area contributed by atoms with Gasteiger partial charge >= 0.3 is 0 Å². The van der Waals surface area contributed by atoms with Gasteiger partial charge < -0.3 is 19.9 Å². The van der Waals surface area contributed by atoms with Crippen LogP contribution in [0.15, 0.2) is 24.3 Å². The first-order valence-electron chi connectivity index (χ1n) is 8.74. The maximum Gasteiger partial charge on any atom is 0.227 e. The van der Waals surface area contributed by atoms with Crippen molar-refractivity contribution in [2.24, 2.45) is 0 Å². The van der Waals surface area contributed by atoms with E-state index in [0.717, 1.165) is 63.5 Å². The molecule has 0 bridgehead atoms. The van der Waals surface area contributed by atoms with Crippen LogP contribution in [0.4, 0.5) is 11.4 Å². The van der Waals surface area contributed by atoms with Crippen LogP contribution in [0, 0.1) is 0 Å². The van der Waals surface area contributed by atoms with E-state index in [1.807, 2.05) is 18.2 Å². The molecule has 0 saturated carbocycles. The number of carbonyl (C=O) groups is 1. The lowest BCUT2D eigenvalue weighted by Crippen LogP contribution is -2.46. The second-order valence-corrected chi connectivity index (χ2v) is 6.33. The number of nitrogens with one attached hydrogen (secondary N) is 1. The summed E-state index contributed by atoms with van der Waals surface area (Å²) in [6.45, 7) is 8.26. The fraction of sp³-hybridized carbons (Fsp3) is 0.611.